The van der Waals surface area contributed by atoms with Crippen LogP contribution in [0.1, 0.15) is 61.4 Å². The fraction of sp³-hybridized carbons (Fsp3) is 0.388. The molecule has 3 aromatic carbocycles. The molecule has 0 spiro atoms. The first-order valence-corrected chi connectivity index (χ1v) is 23.8. The molecule has 2 bridgehead atoms. The number of para-hydroxylation sites is 1. The standard InChI is InChI=1S/C49H63N15O9/c1-27-43(68)59-39(21-28-11-15-32(65)16-12-28)46(71)57-37(42(51)67)9-4-5-20-64-26-31(62-63-64)24-35(50)44(69)60-41(23-30-25-55-36-8-3-2-7-34(30)36)48(73)61-40(22-29-13-17-33(66)18-14-29)47(72)58-38(45(70)56-27)10-6-19-54-49(52)53/h2-3,7-8,11-18,25-27,35,37-41,55,65-66H,4-6,9-10,19-24,50H2,1H3,(H2,51,67)(H,56,70)(H,57,71)(H,58,72)(H,59,68)(H,60,69)(H,61,73)(H4,52,53,54)/t27-,35+,37+,38-,39-,40-,41-/m1/s1. The van der Waals surface area contributed by atoms with Crippen LogP contribution in [0.5, 0.6) is 11.5 Å². The number of hydrogen-bond acceptors (Lipinski definition) is 13. The van der Waals surface area contributed by atoms with E-state index in [2.05, 4.69) is 52.2 Å². The Balaban J connectivity index is 1.34. The second-order valence-corrected chi connectivity index (χ2v) is 18.0. The van der Waals surface area contributed by atoms with Gasteiger partial charge in [-0.15, -0.1) is 5.10 Å². The lowest BCUT2D eigenvalue weighted by Crippen LogP contribution is -2.60. The molecule has 73 heavy (non-hydrogen) atoms. The van der Waals surface area contributed by atoms with Crippen molar-refractivity contribution >= 4 is 58.2 Å². The smallest absolute Gasteiger partial charge is 0.243 e. The summed E-state index contributed by atoms with van der Waals surface area (Å²) in [6.07, 6.45) is 4.06. The fourth-order valence-corrected chi connectivity index (χ4v) is 8.20. The molecule has 0 radical (unpaired) electrons. The molecular formula is C49H63N15O9. The first-order valence-electron chi connectivity index (χ1n) is 23.8. The van der Waals surface area contributed by atoms with Crippen LogP contribution in [0.2, 0.25) is 0 Å². The van der Waals surface area contributed by atoms with Crippen LogP contribution in [-0.4, -0.2) is 126 Å². The number of fused-ring (bicyclic) bond motifs is 3. The Kier molecular flexibility index (Phi) is 18.8. The predicted octanol–water partition coefficient (Wildman–Crippen LogP) is -1.58. The van der Waals surface area contributed by atoms with Gasteiger partial charge in [-0.2, -0.15) is 0 Å². The third kappa shape index (κ3) is 16.0. The van der Waals surface area contributed by atoms with E-state index in [0.29, 0.717) is 41.8 Å². The number of phenolic OH excluding ortho intramolecular Hbond substituents is 2. The van der Waals surface area contributed by atoms with Crippen LogP contribution in [0.15, 0.2) is 90.2 Å². The number of aliphatic imine (C=N–C) groups is 1. The zero-order valence-corrected chi connectivity index (χ0v) is 40.3. The van der Waals surface area contributed by atoms with Gasteiger partial charge in [0.2, 0.25) is 41.4 Å². The van der Waals surface area contributed by atoms with Crippen molar-refractivity contribution in [3.8, 4) is 11.5 Å². The lowest BCUT2D eigenvalue weighted by atomic mass is 10.0. The number of nitrogens with one attached hydrogen (secondary N) is 7. The van der Waals surface area contributed by atoms with E-state index in [1.54, 1.807) is 36.7 Å². The summed E-state index contributed by atoms with van der Waals surface area (Å²) >= 11 is 0. The molecule has 0 unspecified atom stereocenters. The van der Waals surface area contributed by atoms with Crippen LogP contribution in [0, 0.1) is 0 Å². The van der Waals surface area contributed by atoms with Gasteiger partial charge in [0, 0.05) is 62.1 Å². The third-order valence-electron chi connectivity index (χ3n) is 12.2. The lowest BCUT2D eigenvalue weighted by Gasteiger charge is -2.27. The molecule has 1 aliphatic rings. The number of aromatic amines is 1. The maximum Gasteiger partial charge on any atom is 0.243 e. The highest BCUT2D eigenvalue weighted by Gasteiger charge is 2.34. The number of aromatic hydroxyl groups is 2. The van der Waals surface area contributed by atoms with Crippen LogP contribution in [-0.2, 0) is 65.8 Å². The van der Waals surface area contributed by atoms with Gasteiger partial charge in [-0.3, -0.25) is 43.2 Å². The van der Waals surface area contributed by atoms with Gasteiger partial charge in [-0.1, -0.05) is 47.7 Å². The van der Waals surface area contributed by atoms with E-state index in [9.17, 15) is 43.8 Å². The summed E-state index contributed by atoms with van der Waals surface area (Å²) in [6, 6.07) is 10.2. The van der Waals surface area contributed by atoms with E-state index >= 15 is 0 Å². The molecule has 7 atom stereocenters. The molecule has 6 rings (SSSR count). The molecule has 0 aliphatic carbocycles. The normalized spacial score (nSPS) is 22.4. The van der Waals surface area contributed by atoms with E-state index in [1.807, 2.05) is 24.3 Å². The highest BCUT2D eigenvalue weighted by molar-refractivity contribution is 5.97. The predicted molar refractivity (Wildman–Crippen MR) is 268 cm³/mol. The SMILES string of the molecule is C[C@H]1NC(=O)[C@@H](CCCN=C(N)N)NC(=O)[C@@H](Cc2ccc(O)cc2)NC(=O)[C@@H](Cc2c[nH]c3ccccc23)NC(=O)[C@@H](N)Cc2cn(nn2)CCCC[C@@H](C(N)=O)NC(=O)[C@@H](Cc2ccc(O)cc2)NC1=O. The van der Waals surface area contributed by atoms with Crippen molar-refractivity contribution in [2.24, 2.45) is 27.9 Å². The van der Waals surface area contributed by atoms with Gasteiger partial charge in [0.15, 0.2) is 5.96 Å². The number of carbonyl (C=O) groups excluding carboxylic acids is 7. The Hall–Kier alpha value is -8.54. The summed E-state index contributed by atoms with van der Waals surface area (Å²) in [4.78, 5) is 105. The molecule has 17 N–H and O–H groups in total. The topological polar surface area (TPSA) is 395 Å². The summed E-state index contributed by atoms with van der Waals surface area (Å²) in [7, 11) is 0. The molecule has 24 heteroatoms. The minimum atomic E-state index is -1.40. The molecule has 7 amide bonds. The monoisotopic (exact) mass is 1010 g/mol. The fourth-order valence-electron chi connectivity index (χ4n) is 8.20. The molecule has 24 nitrogen and oxygen atoms in total. The van der Waals surface area contributed by atoms with E-state index in [1.165, 1.54) is 35.9 Å². The molecular weight excluding hydrogens is 943 g/mol. The largest absolute Gasteiger partial charge is 0.508 e. The molecule has 3 heterocycles. The number of H-pyrrole nitrogens is 1. The molecule has 2 aromatic heterocycles. The molecule has 1 aliphatic heterocycles. The van der Waals surface area contributed by atoms with Gasteiger partial charge >= 0.3 is 0 Å². The minimum Gasteiger partial charge on any atom is -0.508 e. The van der Waals surface area contributed by atoms with Gasteiger partial charge in [0.1, 0.15) is 47.8 Å². The first-order chi connectivity index (χ1) is 34.9. The highest BCUT2D eigenvalue weighted by Crippen LogP contribution is 2.20. The zero-order chi connectivity index (χ0) is 52.6. The number of guanidine groups is 1. The minimum absolute atomic E-state index is 0.0323. The number of benzene rings is 3. The Morgan fingerprint density at radius 2 is 1.26 bits per heavy atom. The van der Waals surface area contributed by atoms with Crippen molar-refractivity contribution in [1.82, 2.24) is 51.9 Å². The average molecular weight is 1010 g/mol. The van der Waals surface area contributed by atoms with E-state index in [-0.39, 0.29) is 68.9 Å². The number of primary amides is 1. The average Bonchev–Trinajstić information content (AvgIpc) is 3.99. The van der Waals surface area contributed by atoms with Crippen molar-refractivity contribution in [2.75, 3.05) is 6.54 Å². The van der Waals surface area contributed by atoms with Crippen molar-refractivity contribution in [3.63, 3.8) is 0 Å². The first kappa shape index (κ1) is 53.8. The molecule has 0 saturated heterocycles. The number of nitrogens with zero attached hydrogens (tertiary/aromatic N) is 4. The molecule has 0 fully saturated rings. The number of nitrogens with two attached hydrogens (primary N) is 4. The van der Waals surface area contributed by atoms with Crippen molar-refractivity contribution < 1.29 is 43.8 Å². The summed E-state index contributed by atoms with van der Waals surface area (Å²) < 4.78 is 1.54. The van der Waals surface area contributed by atoms with Crippen molar-refractivity contribution in [3.05, 3.63) is 108 Å². The van der Waals surface area contributed by atoms with E-state index < -0.39 is 83.6 Å². The van der Waals surface area contributed by atoms with Crippen molar-refractivity contribution in [1.29, 1.82) is 0 Å². The number of phenols is 2. The highest BCUT2D eigenvalue weighted by atomic mass is 16.3. The summed E-state index contributed by atoms with van der Waals surface area (Å²) in [5.41, 5.74) is 26.1. The Morgan fingerprint density at radius 1 is 0.699 bits per heavy atom. The summed E-state index contributed by atoms with van der Waals surface area (Å²) in [6.45, 7) is 1.76. The van der Waals surface area contributed by atoms with Crippen molar-refractivity contribution in [2.45, 2.75) is 114 Å². The summed E-state index contributed by atoms with van der Waals surface area (Å²) in [5.74, 6) is -5.78. The zero-order valence-electron chi connectivity index (χ0n) is 40.3. The maximum atomic E-state index is 14.6. The Labute approximate surface area is 419 Å². The quantitative estimate of drug-likeness (QED) is 0.0404. The van der Waals surface area contributed by atoms with E-state index in [0.717, 1.165) is 10.9 Å². The lowest BCUT2D eigenvalue weighted by molar-refractivity contribution is -0.135. The Bertz CT molecular complexity index is 2760. The maximum absolute atomic E-state index is 14.6. The van der Waals surface area contributed by atoms with Gasteiger partial charge in [-0.25, -0.2) is 0 Å². The van der Waals surface area contributed by atoms with Gasteiger partial charge in [-0.05, 0) is 86.1 Å². The van der Waals surface area contributed by atoms with Crippen LogP contribution >= 0.6 is 0 Å². The number of aryl methyl sites for hydroxylation is 1. The van der Waals surface area contributed by atoms with Crippen LogP contribution < -0.4 is 54.8 Å². The van der Waals surface area contributed by atoms with Gasteiger partial charge in [0.25, 0.3) is 0 Å². The molecule has 388 valence electrons. The van der Waals surface area contributed by atoms with Crippen LogP contribution in [0.4, 0.5) is 0 Å². The second-order valence-electron chi connectivity index (χ2n) is 18.0. The number of amides is 7. The summed E-state index contributed by atoms with van der Waals surface area (Å²) in [5, 5.41) is 45.2. The number of rotatable bonds is 11. The van der Waals surface area contributed by atoms with Gasteiger partial charge < -0.3 is 70.0 Å². The Morgan fingerprint density at radius 3 is 1.89 bits per heavy atom. The van der Waals surface area contributed by atoms with Gasteiger partial charge in [0.05, 0.1) is 11.7 Å². The molecule has 5 aromatic rings. The second kappa shape index (κ2) is 25.5. The van der Waals surface area contributed by atoms with Crippen LogP contribution in [0.3, 0.4) is 0 Å². The number of hydrogen-bond donors (Lipinski definition) is 13. The number of aromatic nitrogens is 4. The third-order valence-corrected chi connectivity index (χ3v) is 12.2. The van der Waals surface area contributed by atoms with Crippen LogP contribution in [0.25, 0.3) is 10.9 Å². The van der Waals surface area contributed by atoms with E-state index in [4.69, 9.17) is 22.9 Å². The number of carbonyl (C=O) groups is 7. The molecule has 0 saturated carbocycles.